The third kappa shape index (κ3) is 1.72. The van der Waals surface area contributed by atoms with Gasteiger partial charge in [-0.3, -0.25) is 0 Å². The van der Waals surface area contributed by atoms with Crippen molar-refractivity contribution in [2.24, 2.45) is 11.3 Å². The zero-order chi connectivity index (χ0) is 17.3. The van der Waals surface area contributed by atoms with Crippen LogP contribution in [-0.4, -0.2) is 16.4 Å². The zero-order valence-corrected chi connectivity index (χ0v) is 15.2. The molecule has 2 aromatic rings. The number of fused-ring (bicyclic) bond motifs is 2. The predicted molar refractivity (Wildman–Crippen MR) is 101 cm³/mol. The molecule has 1 fully saturated rings. The Morgan fingerprint density at radius 2 is 2.12 bits per heavy atom. The van der Waals surface area contributed by atoms with Gasteiger partial charge in [-0.2, -0.15) is 0 Å². The Bertz CT molecular complexity index is 872. The van der Waals surface area contributed by atoms with Crippen molar-refractivity contribution < 1.29 is 0 Å². The molecule has 5 atom stereocenters. The number of nitrogens with one attached hydrogen (secondary N) is 1. The summed E-state index contributed by atoms with van der Waals surface area (Å²) < 4.78 is 0. The average molecular weight is 339 g/mol. The summed E-state index contributed by atoms with van der Waals surface area (Å²) >= 11 is 6.83. The first-order chi connectivity index (χ1) is 11.4. The summed E-state index contributed by atoms with van der Waals surface area (Å²) in [5.74, 6) is 0.556. The summed E-state index contributed by atoms with van der Waals surface area (Å²) in [7, 11) is 0. The second-order valence-corrected chi connectivity index (χ2v) is 8.70. The molecule has 4 rings (SSSR count). The molecule has 0 bridgehead atoms. The largest absolute Gasteiger partial charge is 0.361 e. The van der Waals surface area contributed by atoms with Crippen LogP contribution < -0.4 is 0 Å². The first kappa shape index (κ1) is 15.8. The Labute approximate surface area is 148 Å². The number of nitrogens with zero attached hydrogens (tertiary/aromatic N) is 1. The quantitative estimate of drug-likeness (QED) is 0.394. The number of alkyl halides is 1. The summed E-state index contributed by atoms with van der Waals surface area (Å²) in [5.41, 5.74) is 3.48. The van der Waals surface area contributed by atoms with Crippen molar-refractivity contribution in [3.8, 4) is 0 Å². The van der Waals surface area contributed by atoms with E-state index in [2.05, 4.69) is 61.6 Å². The highest BCUT2D eigenvalue weighted by molar-refractivity contribution is 6.21. The summed E-state index contributed by atoms with van der Waals surface area (Å²) in [5, 5.41) is 1.26. The number of aromatic amines is 1. The molecular weight excluding hydrogens is 316 g/mol. The summed E-state index contributed by atoms with van der Waals surface area (Å²) in [6.07, 6.45) is 4.95. The van der Waals surface area contributed by atoms with E-state index in [9.17, 15) is 0 Å². The van der Waals surface area contributed by atoms with E-state index in [1.165, 1.54) is 22.0 Å². The molecule has 24 heavy (non-hydrogen) atoms. The summed E-state index contributed by atoms with van der Waals surface area (Å²) in [6, 6.07) is 6.32. The van der Waals surface area contributed by atoms with Gasteiger partial charge in [0.2, 0.25) is 6.04 Å². The average Bonchev–Trinajstić information content (AvgIpc) is 2.99. The molecule has 2 aliphatic carbocycles. The number of rotatable bonds is 1. The number of aromatic nitrogens is 1. The molecule has 1 saturated carbocycles. The van der Waals surface area contributed by atoms with Crippen molar-refractivity contribution in [3.63, 3.8) is 0 Å². The SMILES string of the molecule is [C-]#[N+]C1C2c3c[nH]c4cccc(c34)C(C)(C)C2CC(Cl)C1(C)C=C. The van der Waals surface area contributed by atoms with Crippen molar-refractivity contribution in [1.29, 1.82) is 0 Å². The first-order valence-corrected chi connectivity index (χ1v) is 9.04. The Hall–Kier alpha value is -1.72. The maximum Gasteiger partial charge on any atom is 0.240 e. The van der Waals surface area contributed by atoms with E-state index < -0.39 is 0 Å². The molecule has 1 aromatic heterocycles. The van der Waals surface area contributed by atoms with Gasteiger partial charge in [0.25, 0.3) is 0 Å². The van der Waals surface area contributed by atoms with Crippen molar-refractivity contribution in [1.82, 2.24) is 4.98 Å². The molecule has 1 N–H and O–H groups in total. The Morgan fingerprint density at radius 3 is 2.79 bits per heavy atom. The fourth-order valence-electron chi connectivity index (χ4n) is 5.22. The number of hydrogen-bond acceptors (Lipinski definition) is 0. The highest BCUT2D eigenvalue weighted by Crippen LogP contribution is 2.60. The van der Waals surface area contributed by atoms with Gasteiger partial charge in [-0.15, -0.1) is 18.2 Å². The number of H-pyrrole nitrogens is 1. The normalized spacial score (nSPS) is 36.8. The van der Waals surface area contributed by atoms with Gasteiger partial charge >= 0.3 is 0 Å². The van der Waals surface area contributed by atoms with E-state index >= 15 is 0 Å². The standard InChI is InChI=1S/C21H23ClN2/c1-6-21(4)16(22)10-14-18(19(21)23-5)12-11-24-15-9-7-8-13(17(12)15)20(14,2)3/h6-9,11,14,16,18-19,24H,1,10H2,2-4H3. The second-order valence-electron chi connectivity index (χ2n) is 8.17. The number of benzene rings is 1. The molecule has 0 amide bonds. The van der Waals surface area contributed by atoms with Gasteiger partial charge in [0.05, 0.1) is 16.7 Å². The molecule has 0 saturated heterocycles. The van der Waals surface area contributed by atoms with E-state index in [0.29, 0.717) is 5.92 Å². The van der Waals surface area contributed by atoms with Gasteiger partial charge in [-0.1, -0.05) is 32.1 Å². The molecule has 5 unspecified atom stereocenters. The van der Waals surface area contributed by atoms with Crippen molar-refractivity contribution >= 4 is 22.5 Å². The van der Waals surface area contributed by atoms with Crippen LogP contribution in [0.25, 0.3) is 15.7 Å². The maximum atomic E-state index is 7.94. The third-order valence-corrected chi connectivity index (χ3v) is 7.49. The highest BCUT2D eigenvalue weighted by atomic mass is 35.5. The van der Waals surface area contributed by atoms with Crippen LogP contribution in [0.15, 0.2) is 37.1 Å². The summed E-state index contributed by atoms with van der Waals surface area (Å²) in [4.78, 5) is 7.52. The van der Waals surface area contributed by atoms with Crippen LogP contribution in [0.3, 0.4) is 0 Å². The minimum atomic E-state index is -0.365. The Kier molecular flexibility index (Phi) is 3.22. The van der Waals surface area contributed by atoms with Gasteiger partial charge in [0.1, 0.15) is 0 Å². The molecule has 2 aliphatic rings. The third-order valence-electron chi connectivity index (χ3n) is 6.84. The fraction of sp³-hybridized carbons (Fsp3) is 0.476. The van der Waals surface area contributed by atoms with E-state index in [0.717, 1.165) is 6.42 Å². The number of halogens is 1. The highest BCUT2D eigenvalue weighted by Gasteiger charge is 2.60. The van der Waals surface area contributed by atoms with E-state index in [4.69, 9.17) is 18.2 Å². The van der Waals surface area contributed by atoms with Gasteiger partial charge in [-0.25, -0.2) is 6.57 Å². The lowest BCUT2D eigenvalue weighted by Crippen LogP contribution is -2.54. The Morgan fingerprint density at radius 1 is 1.38 bits per heavy atom. The van der Waals surface area contributed by atoms with Crippen LogP contribution in [0.4, 0.5) is 0 Å². The van der Waals surface area contributed by atoms with Crippen molar-refractivity contribution in [3.05, 3.63) is 59.6 Å². The van der Waals surface area contributed by atoms with E-state index in [1.807, 2.05) is 6.08 Å². The zero-order valence-electron chi connectivity index (χ0n) is 14.4. The van der Waals surface area contributed by atoms with Crippen LogP contribution in [0, 0.1) is 17.9 Å². The topological polar surface area (TPSA) is 20.1 Å². The molecule has 3 heteroatoms. The van der Waals surface area contributed by atoms with Gasteiger partial charge in [-0.05, 0) is 41.9 Å². The molecule has 0 aliphatic heterocycles. The van der Waals surface area contributed by atoms with Crippen LogP contribution >= 0.6 is 11.6 Å². The second kappa shape index (κ2) is 4.90. The van der Waals surface area contributed by atoms with E-state index in [-0.39, 0.29) is 28.2 Å². The van der Waals surface area contributed by atoms with Gasteiger partial charge in [0.15, 0.2) is 0 Å². The van der Waals surface area contributed by atoms with Crippen molar-refractivity contribution in [2.45, 2.75) is 49.9 Å². The smallest absolute Gasteiger partial charge is 0.240 e. The van der Waals surface area contributed by atoms with Crippen LogP contribution in [0.1, 0.15) is 44.2 Å². The molecule has 124 valence electrons. The molecule has 2 nitrogen and oxygen atoms in total. The maximum absolute atomic E-state index is 7.94. The lowest BCUT2D eigenvalue weighted by atomic mass is 9.51. The molecular formula is C21H23ClN2. The molecule has 0 radical (unpaired) electrons. The monoisotopic (exact) mass is 338 g/mol. The fourth-order valence-corrected chi connectivity index (χ4v) is 5.64. The lowest BCUT2D eigenvalue weighted by molar-refractivity contribution is 0.124. The minimum absolute atomic E-state index is 0.00203. The lowest BCUT2D eigenvalue weighted by Gasteiger charge is -2.52. The summed E-state index contributed by atoms with van der Waals surface area (Å²) in [6.45, 7) is 18.7. The Balaban J connectivity index is 2.03. The number of hydrogen-bond donors (Lipinski definition) is 1. The van der Waals surface area contributed by atoms with Crippen LogP contribution in [-0.2, 0) is 5.41 Å². The van der Waals surface area contributed by atoms with Crippen LogP contribution in [0.2, 0.25) is 0 Å². The molecule has 0 spiro atoms. The van der Waals surface area contributed by atoms with Crippen molar-refractivity contribution in [2.75, 3.05) is 0 Å². The first-order valence-electron chi connectivity index (χ1n) is 8.61. The minimum Gasteiger partial charge on any atom is -0.361 e. The molecule has 1 aromatic carbocycles. The predicted octanol–water partition coefficient (Wildman–Crippen LogP) is 5.65. The van der Waals surface area contributed by atoms with E-state index in [1.54, 1.807) is 0 Å². The van der Waals surface area contributed by atoms with Gasteiger partial charge < -0.3 is 9.83 Å². The van der Waals surface area contributed by atoms with Gasteiger partial charge in [0, 0.05) is 17.1 Å². The molecule has 1 heterocycles. The van der Waals surface area contributed by atoms with Crippen LogP contribution in [0.5, 0.6) is 0 Å².